The fourth-order valence-electron chi connectivity index (χ4n) is 3.79. The number of aryl methyl sites for hydroxylation is 1. The van der Waals surface area contributed by atoms with Gasteiger partial charge in [0.05, 0.1) is 12.0 Å². The lowest BCUT2D eigenvalue weighted by atomic mass is 10.1. The van der Waals surface area contributed by atoms with Gasteiger partial charge in [0, 0.05) is 24.6 Å². The van der Waals surface area contributed by atoms with E-state index in [0.717, 1.165) is 16.7 Å². The van der Waals surface area contributed by atoms with E-state index in [9.17, 15) is 14.7 Å². The fourth-order valence-corrected chi connectivity index (χ4v) is 4.41. The van der Waals surface area contributed by atoms with E-state index in [4.69, 9.17) is 14.2 Å². The number of fused-ring (bicyclic) bond motifs is 1. The normalized spacial score (nSPS) is 13.2. The van der Waals surface area contributed by atoms with Crippen LogP contribution in [0.1, 0.15) is 31.9 Å². The number of nitrogens with one attached hydrogen (secondary N) is 1. The van der Waals surface area contributed by atoms with Gasteiger partial charge in [0.2, 0.25) is 0 Å². The molecule has 2 N–H and O–H groups in total. The summed E-state index contributed by atoms with van der Waals surface area (Å²) in [6, 6.07) is 4.58. The molecule has 1 aromatic carbocycles. The molecule has 3 rings (SSSR count). The van der Waals surface area contributed by atoms with Crippen LogP contribution in [-0.4, -0.2) is 69.5 Å². The minimum Gasteiger partial charge on any atom is -0.480 e. The van der Waals surface area contributed by atoms with Crippen molar-refractivity contribution in [2.75, 3.05) is 31.1 Å². The first-order valence-electron chi connectivity index (χ1n) is 12.5. The van der Waals surface area contributed by atoms with Crippen molar-refractivity contribution in [3.63, 3.8) is 0 Å². The molecule has 9 nitrogen and oxygen atoms in total. The molecule has 1 unspecified atom stereocenters. The van der Waals surface area contributed by atoms with Gasteiger partial charge in [0.25, 0.3) is 0 Å². The van der Waals surface area contributed by atoms with Crippen molar-refractivity contribution < 1.29 is 33.3 Å². The molecular weight excluding hydrogens is 525 g/mol. The van der Waals surface area contributed by atoms with Crippen LogP contribution in [0.3, 0.4) is 0 Å². The minimum absolute atomic E-state index is 0.0187. The van der Waals surface area contributed by atoms with Crippen LogP contribution in [0.2, 0.25) is 0 Å². The molecule has 0 bridgehead atoms. The van der Waals surface area contributed by atoms with Crippen molar-refractivity contribution in [3.05, 3.63) is 53.6 Å². The van der Waals surface area contributed by atoms with Crippen LogP contribution < -0.4 is 10.1 Å². The highest BCUT2D eigenvalue weighted by Gasteiger charge is 2.25. The number of carbonyl (C=O) groups is 2. The Labute approximate surface area is 230 Å². The lowest BCUT2D eigenvalue weighted by molar-refractivity contribution is -0.139. The van der Waals surface area contributed by atoms with Crippen molar-refractivity contribution in [1.82, 2.24) is 14.9 Å². The zero-order valence-corrected chi connectivity index (χ0v) is 24.4. The number of amides is 1. The zero-order chi connectivity index (χ0) is 29.0. The number of benzene rings is 1. The van der Waals surface area contributed by atoms with Crippen LogP contribution >= 0.6 is 10.0 Å². The Balaban J connectivity index is 1.74. The third kappa shape index (κ3) is 8.86. The molecule has 2 aromatic heterocycles. The lowest BCUT2D eigenvalue weighted by Gasteiger charge is -2.24. The number of carboxylic acid groups (broad SMARTS) is 1. The molecule has 0 fully saturated rings. The maximum absolute atomic E-state index is 15.1. The molecule has 214 valence electrons. The number of nitrogens with zero attached hydrogens (tertiary/aromatic N) is 2. The first kappa shape index (κ1) is 30.2. The van der Waals surface area contributed by atoms with Gasteiger partial charge in [-0.2, -0.15) is 0 Å². The average Bonchev–Trinajstić information content (AvgIpc) is 3.12. The third-order valence-electron chi connectivity index (χ3n) is 5.62. The third-order valence-corrected chi connectivity index (χ3v) is 7.02. The van der Waals surface area contributed by atoms with E-state index in [1.165, 1.54) is 12.1 Å². The van der Waals surface area contributed by atoms with Gasteiger partial charge in [-0.3, -0.25) is 0 Å². The van der Waals surface area contributed by atoms with Gasteiger partial charge < -0.3 is 29.2 Å². The molecule has 0 spiro atoms. The van der Waals surface area contributed by atoms with E-state index in [1.54, 1.807) is 39.1 Å². The number of ether oxygens (including phenoxy) is 3. The maximum Gasteiger partial charge on any atom is 0.408 e. The van der Waals surface area contributed by atoms with Crippen LogP contribution in [0.4, 0.5) is 9.18 Å². The second-order valence-corrected chi connectivity index (χ2v) is 15.8. The second-order valence-electron chi connectivity index (χ2n) is 11.2. The van der Waals surface area contributed by atoms with Crippen molar-refractivity contribution in [2.45, 2.75) is 52.5 Å². The Hall–Kier alpha value is -3.31. The molecule has 0 saturated carbocycles. The molecule has 0 saturated heterocycles. The zero-order valence-electron chi connectivity index (χ0n) is 23.5. The predicted octanol–water partition coefficient (Wildman–Crippen LogP) is 5.46. The Morgan fingerprint density at radius 1 is 1.18 bits per heavy atom. The number of aromatic nitrogens is 2. The SMILES string of the molecule is Cc1cn(COCCS(C)(C)C)c2nccc(Oc3ccc(CC(NC(=O)OC(C)(C)C)C(=O)O)cc3F)c12. The molecule has 3 aromatic rings. The van der Waals surface area contributed by atoms with Gasteiger partial charge in [-0.25, -0.2) is 29.0 Å². The van der Waals surface area contributed by atoms with E-state index in [2.05, 4.69) is 29.1 Å². The van der Waals surface area contributed by atoms with E-state index >= 15 is 4.39 Å². The number of aliphatic carboxylic acids is 1. The average molecular weight is 564 g/mol. The second kappa shape index (κ2) is 12.3. The van der Waals surface area contributed by atoms with E-state index in [1.807, 2.05) is 17.7 Å². The molecule has 1 atom stereocenters. The summed E-state index contributed by atoms with van der Waals surface area (Å²) in [5.41, 5.74) is 1.17. The predicted molar refractivity (Wildman–Crippen MR) is 152 cm³/mol. The summed E-state index contributed by atoms with van der Waals surface area (Å²) in [4.78, 5) is 28.2. The van der Waals surface area contributed by atoms with Crippen LogP contribution in [0.15, 0.2) is 36.7 Å². The summed E-state index contributed by atoms with van der Waals surface area (Å²) in [5, 5.41) is 12.6. The Morgan fingerprint density at radius 3 is 2.51 bits per heavy atom. The number of carboxylic acids is 1. The molecule has 2 heterocycles. The highest BCUT2D eigenvalue weighted by molar-refractivity contribution is 8.32. The van der Waals surface area contributed by atoms with Gasteiger partial charge in [0.15, 0.2) is 11.6 Å². The maximum atomic E-state index is 15.1. The largest absolute Gasteiger partial charge is 0.480 e. The quantitative estimate of drug-likeness (QED) is 0.298. The number of carbonyl (C=O) groups excluding carboxylic acids is 1. The highest BCUT2D eigenvalue weighted by atomic mass is 32.3. The van der Waals surface area contributed by atoms with Crippen LogP contribution in [0.25, 0.3) is 11.0 Å². The summed E-state index contributed by atoms with van der Waals surface area (Å²) in [7, 11) is -0.646. The summed E-state index contributed by atoms with van der Waals surface area (Å²) in [5.74, 6) is -0.493. The Bertz CT molecular complexity index is 1330. The molecular formula is C28H38FN3O6S. The summed E-state index contributed by atoms with van der Waals surface area (Å²) < 4.78 is 33.9. The molecule has 11 heteroatoms. The Morgan fingerprint density at radius 2 is 1.90 bits per heavy atom. The van der Waals surface area contributed by atoms with Gasteiger partial charge in [-0.05, 0) is 75.8 Å². The molecule has 39 heavy (non-hydrogen) atoms. The molecule has 0 aliphatic heterocycles. The van der Waals surface area contributed by atoms with Crippen molar-refractivity contribution >= 4 is 33.1 Å². The number of rotatable bonds is 11. The summed E-state index contributed by atoms with van der Waals surface area (Å²) in [6.45, 7) is 7.95. The van der Waals surface area contributed by atoms with Crippen LogP contribution in [-0.2, 0) is 27.4 Å². The number of hydrogen-bond acceptors (Lipinski definition) is 6. The van der Waals surface area contributed by atoms with Gasteiger partial charge in [-0.15, -0.1) is 0 Å². The summed E-state index contributed by atoms with van der Waals surface area (Å²) in [6.07, 6.45) is 9.26. The lowest BCUT2D eigenvalue weighted by Crippen LogP contribution is -2.44. The molecule has 0 aliphatic rings. The monoisotopic (exact) mass is 563 g/mol. The van der Waals surface area contributed by atoms with Crippen molar-refractivity contribution in [2.24, 2.45) is 0 Å². The van der Waals surface area contributed by atoms with Crippen molar-refractivity contribution in [1.29, 1.82) is 0 Å². The number of pyridine rings is 1. The minimum atomic E-state index is -1.29. The van der Waals surface area contributed by atoms with Crippen molar-refractivity contribution in [3.8, 4) is 11.5 Å². The van der Waals surface area contributed by atoms with Gasteiger partial charge in [-0.1, -0.05) is 6.07 Å². The van der Waals surface area contributed by atoms with E-state index in [-0.39, 0.29) is 12.2 Å². The molecule has 1 amide bonds. The van der Waals surface area contributed by atoms with Gasteiger partial charge >= 0.3 is 12.1 Å². The van der Waals surface area contributed by atoms with E-state index < -0.39 is 39.6 Å². The number of hydrogen-bond donors (Lipinski definition) is 2. The topological polar surface area (TPSA) is 112 Å². The highest BCUT2D eigenvalue weighted by Crippen LogP contribution is 2.35. The standard InChI is InChI=1S/C28H38FN3O6S/c1-18-16-32(17-36-12-13-39(5,6)7)25-24(18)23(10-11-30-25)37-22-9-8-19(14-20(22)29)15-21(26(33)34)31-27(35)38-28(2,3)4/h8-11,14,16,21H,12-13,15,17H2,1-7H3,(H,31,35)(H,33,34). The smallest absolute Gasteiger partial charge is 0.408 e. The van der Waals surface area contributed by atoms with Crippen LogP contribution in [0, 0.1) is 12.7 Å². The number of halogens is 1. The van der Waals surface area contributed by atoms with Crippen LogP contribution in [0.5, 0.6) is 11.5 Å². The first-order chi connectivity index (χ1) is 18.1. The number of alkyl carbamates (subject to hydrolysis) is 1. The Kier molecular flexibility index (Phi) is 9.50. The summed E-state index contributed by atoms with van der Waals surface area (Å²) >= 11 is 0. The van der Waals surface area contributed by atoms with Gasteiger partial charge in [0.1, 0.15) is 29.8 Å². The van der Waals surface area contributed by atoms with E-state index in [0.29, 0.717) is 30.3 Å². The fraction of sp³-hybridized carbons (Fsp3) is 0.464. The molecule has 0 aliphatic carbocycles. The molecule has 0 radical (unpaired) electrons. The first-order valence-corrected chi connectivity index (χ1v) is 15.5.